The molecule has 1 aliphatic rings. The second-order valence-electron chi connectivity index (χ2n) is 22.8. The lowest BCUT2D eigenvalue weighted by molar-refractivity contribution is -0.305. The van der Waals surface area contributed by atoms with Gasteiger partial charge in [-0.15, -0.1) is 0 Å². The van der Waals surface area contributed by atoms with E-state index in [4.69, 9.17) is 14.2 Å². The number of carbonyl (C=O) groups excluding carboxylic acids is 2. The van der Waals surface area contributed by atoms with E-state index in [-0.39, 0.29) is 19.4 Å². The van der Waals surface area contributed by atoms with Crippen molar-refractivity contribution in [2.75, 3.05) is 13.2 Å². The molecule has 11 heteroatoms. The summed E-state index contributed by atoms with van der Waals surface area (Å²) < 4.78 is 17.7. The number of esters is 1. The summed E-state index contributed by atoms with van der Waals surface area (Å²) in [5, 5.41) is 57.2. The molecule has 1 amide bonds. The average Bonchev–Trinajstić information content (AvgIpc) is 3.50. The summed E-state index contributed by atoms with van der Waals surface area (Å²) in [7, 11) is 0. The monoisotopic (exact) mass is 1160 g/mol. The number of amides is 1. The number of ether oxygens (including phenoxy) is 3. The van der Waals surface area contributed by atoms with Crippen molar-refractivity contribution >= 4 is 11.9 Å². The zero-order valence-corrected chi connectivity index (χ0v) is 52.8. The van der Waals surface area contributed by atoms with E-state index in [1.165, 1.54) is 83.5 Å². The number of carbonyl (C=O) groups is 2. The van der Waals surface area contributed by atoms with E-state index < -0.39 is 67.4 Å². The van der Waals surface area contributed by atoms with Crippen LogP contribution in [0.25, 0.3) is 0 Å². The second kappa shape index (κ2) is 58.7. The number of hydrogen-bond acceptors (Lipinski definition) is 10. The van der Waals surface area contributed by atoms with Crippen LogP contribution in [0.1, 0.15) is 271 Å². The molecule has 1 fully saturated rings. The SMILES string of the molecule is CC/C=C\C/C=C\C/C=C\C/C=C\C/C=C\CCCCCCCCCC(=O)OC1C(OCC(NC(=O)C(O)CCCCCCC/C=C\C/C=C\C/C=C\CCCCC)C(O)/C=C/CCCCCCCCCCCCC)OC(CO)C(O)C1O. The fourth-order valence-electron chi connectivity index (χ4n) is 9.86. The van der Waals surface area contributed by atoms with Crippen LogP contribution >= 0.6 is 0 Å². The fraction of sp³-hybridized carbons (Fsp3) is 0.722. The molecule has 0 spiro atoms. The predicted molar refractivity (Wildman–Crippen MR) is 347 cm³/mol. The Labute approximate surface area is 507 Å². The fourth-order valence-corrected chi connectivity index (χ4v) is 9.86. The molecule has 0 radical (unpaired) electrons. The molecular weight excluding hydrogens is 1040 g/mol. The lowest BCUT2D eigenvalue weighted by Crippen LogP contribution is -2.61. The van der Waals surface area contributed by atoms with Crippen molar-refractivity contribution in [3.8, 4) is 0 Å². The topological polar surface area (TPSA) is 175 Å². The Balaban J connectivity index is 2.66. The van der Waals surface area contributed by atoms with Crippen LogP contribution in [0.15, 0.2) is 109 Å². The highest BCUT2D eigenvalue weighted by Crippen LogP contribution is 2.26. The summed E-state index contributed by atoms with van der Waals surface area (Å²) >= 11 is 0. The first-order valence-electron chi connectivity index (χ1n) is 33.7. The van der Waals surface area contributed by atoms with Crippen LogP contribution in [0.4, 0.5) is 0 Å². The molecule has 8 unspecified atom stereocenters. The molecule has 0 saturated carbocycles. The third kappa shape index (κ3) is 46.2. The summed E-state index contributed by atoms with van der Waals surface area (Å²) in [4.78, 5) is 26.6. The molecule has 0 aliphatic carbocycles. The van der Waals surface area contributed by atoms with Crippen molar-refractivity contribution in [1.29, 1.82) is 0 Å². The highest BCUT2D eigenvalue weighted by molar-refractivity contribution is 5.80. The van der Waals surface area contributed by atoms with Gasteiger partial charge in [0.1, 0.15) is 24.4 Å². The van der Waals surface area contributed by atoms with Gasteiger partial charge in [-0.1, -0.05) is 265 Å². The van der Waals surface area contributed by atoms with Crippen LogP contribution in [0, 0.1) is 0 Å². The van der Waals surface area contributed by atoms with Gasteiger partial charge in [-0.2, -0.15) is 0 Å². The van der Waals surface area contributed by atoms with E-state index in [1.807, 2.05) is 6.08 Å². The van der Waals surface area contributed by atoms with Gasteiger partial charge in [-0.05, 0) is 109 Å². The first-order valence-corrected chi connectivity index (χ1v) is 33.7. The number of hydrogen-bond donors (Lipinski definition) is 6. The number of rotatable bonds is 56. The van der Waals surface area contributed by atoms with Gasteiger partial charge >= 0.3 is 5.97 Å². The average molecular weight is 1160 g/mol. The van der Waals surface area contributed by atoms with Gasteiger partial charge in [0, 0.05) is 6.42 Å². The molecule has 0 aromatic carbocycles. The first-order chi connectivity index (χ1) is 40.7. The number of aliphatic hydroxyl groups is 5. The Morgan fingerprint density at radius 3 is 1.33 bits per heavy atom. The molecule has 83 heavy (non-hydrogen) atoms. The van der Waals surface area contributed by atoms with Gasteiger partial charge in [-0.25, -0.2) is 0 Å². The molecule has 8 atom stereocenters. The molecular formula is C72H123NO10. The summed E-state index contributed by atoms with van der Waals surface area (Å²) in [6.45, 7) is 5.64. The van der Waals surface area contributed by atoms with Crippen LogP contribution in [0.5, 0.6) is 0 Å². The van der Waals surface area contributed by atoms with Crippen LogP contribution in [-0.2, 0) is 23.8 Å². The van der Waals surface area contributed by atoms with E-state index >= 15 is 0 Å². The predicted octanol–water partition coefficient (Wildman–Crippen LogP) is 16.8. The van der Waals surface area contributed by atoms with Crippen LogP contribution in [0.2, 0.25) is 0 Å². The van der Waals surface area contributed by atoms with E-state index in [0.717, 1.165) is 141 Å². The van der Waals surface area contributed by atoms with Gasteiger partial charge in [0.05, 0.1) is 25.4 Å². The minimum Gasteiger partial charge on any atom is -0.454 e. The third-order valence-corrected chi connectivity index (χ3v) is 15.2. The number of nitrogens with one attached hydrogen (secondary N) is 1. The van der Waals surface area contributed by atoms with Crippen LogP contribution in [-0.4, -0.2) is 99.6 Å². The molecule has 1 heterocycles. The molecule has 0 aromatic rings. The van der Waals surface area contributed by atoms with E-state index in [9.17, 15) is 35.1 Å². The van der Waals surface area contributed by atoms with Crippen molar-refractivity contribution in [3.05, 3.63) is 109 Å². The maximum absolute atomic E-state index is 13.5. The van der Waals surface area contributed by atoms with Crippen molar-refractivity contribution in [2.45, 2.75) is 320 Å². The molecule has 1 saturated heterocycles. The second-order valence-corrected chi connectivity index (χ2v) is 22.8. The zero-order chi connectivity index (χ0) is 60.3. The third-order valence-electron chi connectivity index (χ3n) is 15.2. The minimum absolute atomic E-state index is 0.103. The minimum atomic E-state index is -1.63. The summed E-state index contributed by atoms with van der Waals surface area (Å²) in [5.74, 6) is -1.22. The van der Waals surface area contributed by atoms with Gasteiger partial charge in [0.2, 0.25) is 5.91 Å². The molecule has 0 bridgehead atoms. The Bertz CT molecular complexity index is 1770. The van der Waals surface area contributed by atoms with Gasteiger partial charge in [0.25, 0.3) is 0 Å². The highest BCUT2D eigenvalue weighted by atomic mass is 16.7. The largest absolute Gasteiger partial charge is 0.454 e. The molecule has 1 aliphatic heterocycles. The van der Waals surface area contributed by atoms with Crippen molar-refractivity contribution in [3.63, 3.8) is 0 Å². The Hall–Kier alpha value is -3.68. The maximum atomic E-state index is 13.5. The van der Waals surface area contributed by atoms with Crippen molar-refractivity contribution in [1.82, 2.24) is 5.32 Å². The summed E-state index contributed by atoms with van der Waals surface area (Å²) in [6.07, 6.45) is 69.7. The van der Waals surface area contributed by atoms with E-state index in [2.05, 4.69) is 123 Å². The lowest BCUT2D eigenvalue weighted by atomic mass is 9.99. The van der Waals surface area contributed by atoms with E-state index in [0.29, 0.717) is 12.8 Å². The molecule has 11 nitrogen and oxygen atoms in total. The molecule has 6 N–H and O–H groups in total. The zero-order valence-electron chi connectivity index (χ0n) is 52.8. The van der Waals surface area contributed by atoms with Gasteiger partial charge < -0.3 is 45.1 Å². The first kappa shape index (κ1) is 77.3. The van der Waals surface area contributed by atoms with Crippen LogP contribution in [0.3, 0.4) is 0 Å². The standard InChI is InChI=1S/C72H123NO10/c1-4-7-10-13-16-19-22-25-27-29-31-32-33-34-35-37-39-42-45-48-51-54-57-60-67(77)83-70-69(79)68(78)66(61-74)82-72(70)81-62-63(64(75)58-55-52-49-46-43-40-24-21-18-15-12-9-6-3)73-71(80)65(76)59-56-53-50-47-44-41-38-36-30-28-26-23-20-17-14-11-8-5-2/h7,10,16-17,19-20,25-28,31-32,34-36,38,55,58,63-66,68-70,72,74-76,78-79H,4-6,8-9,11-15,18,21-24,29-30,33,37,39-54,56-57,59-62H2,1-3H3,(H,73,80)/b10-7-,19-16-,20-17-,27-25-,28-26-,32-31-,35-34-,38-36-,58-55+. The molecule has 476 valence electrons. The highest BCUT2D eigenvalue weighted by Gasteiger charge is 2.47. The summed E-state index contributed by atoms with van der Waals surface area (Å²) in [5.41, 5.74) is 0. The quantitative estimate of drug-likeness (QED) is 0.0195. The smallest absolute Gasteiger partial charge is 0.306 e. The molecule has 0 aromatic heterocycles. The Kier molecular flexibility index (Phi) is 54.7. The molecule has 1 rings (SSSR count). The Morgan fingerprint density at radius 1 is 0.482 bits per heavy atom. The van der Waals surface area contributed by atoms with Crippen LogP contribution < -0.4 is 5.32 Å². The normalized spacial score (nSPS) is 19.3. The number of allylic oxidation sites excluding steroid dienone is 17. The maximum Gasteiger partial charge on any atom is 0.306 e. The summed E-state index contributed by atoms with van der Waals surface area (Å²) in [6, 6.07) is -1.04. The Morgan fingerprint density at radius 2 is 0.867 bits per heavy atom. The number of unbranched alkanes of at least 4 members (excludes halogenated alkanes) is 26. The van der Waals surface area contributed by atoms with Crippen molar-refractivity contribution < 1.29 is 49.3 Å². The van der Waals surface area contributed by atoms with Gasteiger partial charge in [-0.3, -0.25) is 9.59 Å². The van der Waals surface area contributed by atoms with Gasteiger partial charge in [0.15, 0.2) is 12.4 Å². The van der Waals surface area contributed by atoms with E-state index in [1.54, 1.807) is 6.08 Å². The lowest BCUT2D eigenvalue weighted by Gasteiger charge is -2.41. The van der Waals surface area contributed by atoms with Crippen molar-refractivity contribution in [2.24, 2.45) is 0 Å². The number of aliphatic hydroxyl groups excluding tert-OH is 5.